The third kappa shape index (κ3) is 2.42. The fourth-order valence-electron chi connectivity index (χ4n) is 2.87. The molecular weight excluding hydrogens is 380 g/mol. The van der Waals surface area contributed by atoms with Gasteiger partial charge in [0.15, 0.2) is 0 Å². The Morgan fingerprint density at radius 1 is 1.15 bits per heavy atom. The molecule has 0 saturated heterocycles. The molecule has 0 amide bonds. The highest BCUT2D eigenvalue weighted by atomic mass is 79.9. The smallest absolute Gasteiger partial charge is 0.127 e. The summed E-state index contributed by atoms with van der Waals surface area (Å²) >= 11 is 7.50. The lowest BCUT2D eigenvalue weighted by molar-refractivity contribution is 0.354. The molecule has 2 aromatic carbocycles. The molecule has 1 heterocycles. The summed E-state index contributed by atoms with van der Waals surface area (Å²) in [6.45, 7) is 5.11. The van der Waals surface area contributed by atoms with E-state index in [-0.39, 0.29) is 4.83 Å². The van der Waals surface area contributed by atoms with E-state index in [1.54, 1.807) is 0 Å². The van der Waals surface area contributed by atoms with Crippen molar-refractivity contribution in [2.24, 2.45) is 0 Å². The van der Waals surface area contributed by atoms with Crippen molar-refractivity contribution < 1.29 is 4.74 Å². The van der Waals surface area contributed by atoms with Gasteiger partial charge in [0, 0.05) is 16.5 Å². The lowest BCUT2D eigenvalue weighted by Crippen LogP contribution is -2.01. The van der Waals surface area contributed by atoms with E-state index in [0.29, 0.717) is 0 Å². The maximum absolute atomic E-state index is 5.86. The van der Waals surface area contributed by atoms with Crippen LogP contribution in [0.4, 0.5) is 0 Å². The molecule has 0 aromatic heterocycles. The average molecular weight is 396 g/mol. The fourth-order valence-corrected chi connectivity index (χ4v) is 4.45. The van der Waals surface area contributed by atoms with Crippen molar-refractivity contribution in [2.75, 3.05) is 6.61 Å². The molecular formula is C17H16Br2O. The Hall–Kier alpha value is -0.800. The molecule has 1 aliphatic rings. The van der Waals surface area contributed by atoms with Crippen LogP contribution in [-0.4, -0.2) is 6.61 Å². The van der Waals surface area contributed by atoms with Gasteiger partial charge in [0.1, 0.15) is 5.75 Å². The Labute approximate surface area is 136 Å². The van der Waals surface area contributed by atoms with Crippen LogP contribution in [0.25, 0.3) is 0 Å². The van der Waals surface area contributed by atoms with Gasteiger partial charge in [-0.05, 0) is 48.2 Å². The van der Waals surface area contributed by atoms with Crippen molar-refractivity contribution in [1.29, 1.82) is 0 Å². The highest BCUT2D eigenvalue weighted by Crippen LogP contribution is 2.44. The normalized spacial score (nSPS) is 14.8. The molecule has 0 bridgehead atoms. The predicted molar refractivity (Wildman–Crippen MR) is 90.0 cm³/mol. The number of benzene rings is 2. The summed E-state index contributed by atoms with van der Waals surface area (Å²) in [5, 5.41) is 0. The van der Waals surface area contributed by atoms with Crippen molar-refractivity contribution in [3.63, 3.8) is 0 Å². The van der Waals surface area contributed by atoms with Gasteiger partial charge in [0.25, 0.3) is 0 Å². The van der Waals surface area contributed by atoms with E-state index in [1.165, 1.54) is 27.8 Å². The molecule has 0 fully saturated rings. The second-order valence-corrected chi connectivity index (χ2v) is 7.08. The van der Waals surface area contributed by atoms with Crippen LogP contribution in [0.5, 0.6) is 5.75 Å². The summed E-state index contributed by atoms with van der Waals surface area (Å²) in [4.78, 5) is 0.160. The van der Waals surface area contributed by atoms with Gasteiger partial charge in [-0.2, -0.15) is 0 Å². The second kappa shape index (κ2) is 5.53. The molecule has 1 atom stereocenters. The van der Waals surface area contributed by atoms with Crippen molar-refractivity contribution in [3.05, 3.63) is 62.6 Å². The van der Waals surface area contributed by atoms with Crippen LogP contribution in [0.15, 0.2) is 34.8 Å². The van der Waals surface area contributed by atoms with Gasteiger partial charge in [0.2, 0.25) is 0 Å². The third-order valence-corrected chi connectivity index (χ3v) is 5.25. The van der Waals surface area contributed by atoms with Gasteiger partial charge in [0.05, 0.1) is 11.4 Å². The van der Waals surface area contributed by atoms with Crippen LogP contribution in [0.2, 0.25) is 0 Å². The molecule has 2 aromatic rings. The quantitative estimate of drug-likeness (QED) is 0.611. The standard InChI is InChI=1S/C17H16Br2O/c1-10-4-3-5-11(2)15(10)16(19)14-9-13(18)8-12-6-7-20-17(12)14/h3-5,8-9,16H,6-7H2,1-2H3. The largest absolute Gasteiger partial charge is 0.493 e. The monoisotopic (exact) mass is 394 g/mol. The molecule has 0 aliphatic carbocycles. The number of ether oxygens (including phenoxy) is 1. The van der Waals surface area contributed by atoms with Gasteiger partial charge in [-0.15, -0.1) is 0 Å². The Balaban J connectivity index is 2.14. The number of aryl methyl sites for hydroxylation is 2. The zero-order chi connectivity index (χ0) is 14.3. The van der Waals surface area contributed by atoms with E-state index in [9.17, 15) is 0 Å². The van der Waals surface area contributed by atoms with E-state index < -0.39 is 0 Å². The van der Waals surface area contributed by atoms with Gasteiger partial charge in [-0.1, -0.05) is 50.1 Å². The number of hydrogen-bond acceptors (Lipinski definition) is 1. The Bertz CT molecular complexity index is 644. The molecule has 1 nitrogen and oxygen atoms in total. The van der Waals surface area contributed by atoms with Gasteiger partial charge in [-0.3, -0.25) is 0 Å². The maximum Gasteiger partial charge on any atom is 0.127 e. The Morgan fingerprint density at radius 3 is 2.55 bits per heavy atom. The van der Waals surface area contributed by atoms with Crippen molar-refractivity contribution in [1.82, 2.24) is 0 Å². The van der Waals surface area contributed by atoms with Crippen LogP contribution < -0.4 is 4.74 Å². The minimum absolute atomic E-state index is 0.160. The summed E-state index contributed by atoms with van der Waals surface area (Å²) < 4.78 is 6.97. The zero-order valence-electron chi connectivity index (χ0n) is 11.5. The first-order chi connectivity index (χ1) is 9.58. The van der Waals surface area contributed by atoms with Gasteiger partial charge >= 0.3 is 0 Å². The Kier molecular flexibility index (Phi) is 3.91. The van der Waals surface area contributed by atoms with E-state index in [0.717, 1.165) is 23.2 Å². The number of alkyl halides is 1. The zero-order valence-corrected chi connectivity index (χ0v) is 14.7. The molecule has 20 heavy (non-hydrogen) atoms. The molecule has 1 aliphatic heterocycles. The first-order valence-corrected chi connectivity index (χ1v) is 8.44. The summed E-state index contributed by atoms with van der Waals surface area (Å²) in [6, 6.07) is 10.8. The molecule has 0 saturated carbocycles. The van der Waals surface area contributed by atoms with Crippen LogP contribution in [-0.2, 0) is 6.42 Å². The summed E-state index contributed by atoms with van der Waals surface area (Å²) in [5.41, 5.74) is 6.45. The SMILES string of the molecule is Cc1cccc(C)c1C(Br)c1cc(Br)cc2c1OCC2. The average Bonchev–Trinajstić information content (AvgIpc) is 2.85. The minimum Gasteiger partial charge on any atom is -0.493 e. The third-order valence-electron chi connectivity index (χ3n) is 3.85. The summed E-state index contributed by atoms with van der Waals surface area (Å²) in [7, 11) is 0. The van der Waals surface area contributed by atoms with Crippen molar-refractivity contribution >= 4 is 31.9 Å². The highest BCUT2D eigenvalue weighted by molar-refractivity contribution is 9.10. The summed E-state index contributed by atoms with van der Waals surface area (Å²) in [6.07, 6.45) is 0.994. The lowest BCUT2D eigenvalue weighted by atomic mass is 9.94. The number of fused-ring (bicyclic) bond motifs is 1. The van der Waals surface area contributed by atoms with E-state index in [4.69, 9.17) is 4.74 Å². The first kappa shape index (κ1) is 14.2. The number of halogens is 2. The number of hydrogen-bond donors (Lipinski definition) is 0. The van der Waals surface area contributed by atoms with Gasteiger partial charge in [-0.25, -0.2) is 0 Å². The molecule has 3 heteroatoms. The van der Waals surface area contributed by atoms with E-state index in [2.05, 4.69) is 76.0 Å². The molecule has 104 valence electrons. The van der Waals surface area contributed by atoms with Crippen LogP contribution in [0, 0.1) is 13.8 Å². The number of rotatable bonds is 2. The van der Waals surface area contributed by atoms with Gasteiger partial charge < -0.3 is 4.74 Å². The maximum atomic E-state index is 5.86. The van der Waals surface area contributed by atoms with Crippen LogP contribution >= 0.6 is 31.9 Å². The van der Waals surface area contributed by atoms with E-state index >= 15 is 0 Å². The van der Waals surface area contributed by atoms with Crippen molar-refractivity contribution in [3.8, 4) is 5.75 Å². The topological polar surface area (TPSA) is 9.23 Å². The Morgan fingerprint density at radius 2 is 1.85 bits per heavy atom. The lowest BCUT2D eigenvalue weighted by Gasteiger charge is -2.19. The molecule has 0 radical (unpaired) electrons. The molecule has 0 N–H and O–H groups in total. The summed E-state index contributed by atoms with van der Waals surface area (Å²) in [5.74, 6) is 1.05. The first-order valence-electron chi connectivity index (χ1n) is 6.73. The molecule has 3 rings (SSSR count). The van der Waals surface area contributed by atoms with E-state index in [1.807, 2.05) is 0 Å². The second-order valence-electron chi connectivity index (χ2n) is 5.25. The van der Waals surface area contributed by atoms with Crippen LogP contribution in [0.3, 0.4) is 0 Å². The van der Waals surface area contributed by atoms with Crippen molar-refractivity contribution in [2.45, 2.75) is 25.1 Å². The minimum atomic E-state index is 0.160. The van der Waals surface area contributed by atoms with Crippen LogP contribution in [0.1, 0.15) is 32.6 Å². The molecule has 0 spiro atoms. The fraction of sp³-hybridized carbons (Fsp3) is 0.294. The predicted octanol–water partition coefficient (Wildman–Crippen LogP) is 5.49. The highest BCUT2D eigenvalue weighted by Gasteiger charge is 2.24. The molecule has 1 unspecified atom stereocenters.